The van der Waals surface area contributed by atoms with Crippen molar-refractivity contribution in [2.75, 3.05) is 11.9 Å². The summed E-state index contributed by atoms with van der Waals surface area (Å²) < 4.78 is 0. The van der Waals surface area contributed by atoms with Crippen molar-refractivity contribution >= 4 is 22.5 Å². The van der Waals surface area contributed by atoms with Crippen molar-refractivity contribution in [2.24, 2.45) is 0 Å². The van der Waals surface area contributed by atoms with Crippen molar-refractivity contribution in [1.82, 2.24) is 15.5 Å². The van der Waals surface area contributed by atoms with Crippen molar-refractivity contribution in [3.63, 3.8) is 0 Å². The minimum Gasteiger partial charge on any atom is -0.324 e. The van der Waals surface area contributed by atoms with E-state index in [4.69, 9.17) is 0 Å². The Labute approximate surface area is 105 Å². The van der Waals surface area contributed by atoms with Gasteiger partial charge in [-0.25, -0.2) is 0 Å². The normalized spacial score (nSPS) is 19.9. The van der Waals surface area contributed by atoms with Crippen molar-refractivity contribution in [3.8, 4) is 0 Å². The van der Waals surface area contributed by atoms with E-state index in [1.54, 1.807) is 6.20 Å². The third kappa shape index (κ3) is 2.09. The van der Waals surface area contributed by atoms with Gasteiger partial charge in [-0.1, -0.05) is 12.5 Å². The molecule has 2 aromatic rings. The molecule has 0 radical (unpaired) electrons. The zero-order valence-electron chi connectivity index (χ0n) is 10.1. The van der Waals surface area contributed by atoms with Gasteiger partial charge in [0.15, 0.2) is 0 Å². The van der Waals surface area contributed by atoms with Gasteiger partial charge in [-0.2, -0.15) is 5.10 Å². The van der Waals surface area contributed by atoms with Gasteiger partial charge in [0, 0.05) is 5.39 Å². The predicted octanol–water partition coefficient (Wildman–Crippen LogP) is 1.64. The third-order valence-corrected chi connectivity index (χ3v) is 3.37. The van der Waals surface area contributed by atoms with E-state index in [1.165, 1.54) is 0 Å². The summed E-state index contributed by atoms with van der Waals surface area (Å²) in [5.74, 6) is 0.0448. The molecule has 1 atom stereocenters. The summed E-state index contributed by atoms with van der Waals surface area (Å²) in [5, 5.41) is 14.1. The molecule has 18 heavy (non-hydrogen) atoms. The highest BCUT2D eigenvalue weighted by molar-refractivity contribution is 6.02. The van der Waals surface area contributed by atoms with E-state index in [1.807, 2.05) is 18.2 Å². The van der Waals surface area contributed by atoms with Gasteiger partial charge in [-0.15, -0.1) is 0 Å². The molecule has 1 aromatic heterocycles. The minimum atomic E-state index is -0.0686. The molecule has 1 aromatic carbocycles. The zero-order chi connectivity index (χ0) is 12.4. The highest BCUT2D eigenvalue weighted by Gasteiger charge is 2.20. The number of benzene rings is 1. The van der Waals surface area contributed by atoms with Gasteiger partial charge in [0.05, 0.1) is 23.4 Å². The number of carbonyl (C=O) groups excluding carboxylic acids is 1. The van der Waals surface area contributed by atoms with Crippen molar-refractivity contribution < 1.29 is 4.79 Å². The molecule has 1 fully saturated rings. The van der Waals surface area contributed by atoms with Gasteiger partial charge in [0.2, 0.25) is 5.91 Å². The Balaban J connectivity index is 1.79. The maximum Gasteiger partial charge on any atom is 0.241 e. The second-order valence-electron chi connectivity index (χ2n) is 4.63. The highest BCUT2D eigenvalue weighted by atomic mass is 16.2. The second-order valence-corrected chi connectivity index (χ2v) is 4.63. The fourth-order valence-corrected chi connectivity index (χ4v) is 2.37. The average Bonchev–Trinajstić information content (AvgIpc) is 2.89. The van der Waals surface area contributed by atoms with E-state index in [-0.39, 0.29) is 11.9 Å². The zero-order valence-corrected chi connectivity index (χ0v) is 10.1. The number of nitrogens with zero attached hydrogens (tertiary/aromatic N) is 1. The number of amides is 1. The number of aromatic nitrogens is 2. The standard InChI is InChI=1S/C13H16N4O/c18-13(12-4-1-2-7-14-12)16-10-5-3-6-11-9(10)8-15-17-11/h3,5-6,8,12,14H,1-2,4,7H2,(H,15,17)(H,16,18)/t12-/m1/s1. The lowest BCUT2D eigenvalue weighted by molar-refractivity contribution is -0.118. The molecule has 0 aliphatic carbocycles. The Morgan fingerprint density at radius 1 is 1.39 bits per heavy atom. The minimum absolute atomic E-state index is 0.0448. The van der Waals surface area contributed by atoms with E-state index in [0.717, 1.165) is 42.4 Å². The molecule has 5 heteroatoms. The largest absolute Gasteiger partial charge is 0.324 e. The number of aromatic amines is 1. The van der Waals surface area contributed by atoms with Crippen LogP contribution in [-0.2, 0) is 4.79 Å². The van der Waals surface area contributed by atoms with E-state index < -0.39 is 0 Å². The number of H-pyrrole nitrogens is 1. The number of rotatable bonds is 2. The number of hydrogen-bond donors (Lipinski definition) is 3. The molecule has 1 amide bonds. The van der Waals surface area contributed by atoms with Crippen molar-refractivity contribution in [3.05, 3.63) is 24.4 Å². The molecule has 2 heterocycles. The molecule has 3 rings (SSSR count). The maximum absolute atomic E-state index is 12.1. The molecule has 0 spiro atoms. The molecule has 0 saturated carbocycles. The lowest BCUT2D eigenvalue weighted by Gasteiger charge is -2.22. The molecule has 5 nitrogen and oxygen atoms in total. The Morgan fingerprint density at radius 3 is 3.17 bits per heavy atom. The molecule has 94 valence electrons. The van der Waals surface area contributed by atoms with Crippen LogP contribution < -0.4 is 10.6 Å². The fourth-order valence-electron chi connectivity index (χ4n) is 2.37. The molecule has 0 unspecified atom stereocenters. The summed E-state index contributed by atoms with van der Waals surface area (Å²) in [6.07, 6.45) is 4.91. The Kier molecular flexibility index (Phi) is 2.98. The predicted molar refractivity (Wildman–Crippen MR) is 70.4 cm³/mol. The summed E-state index contributed by atoms with van der Waals surface area (Å²) in [7, 11) is 0. The van der Waals surface area contributed by atoms with Crippen LogP contribution >= 0.6 is 0 Å². The van der Waals surface area contributed by atoms with Gasteiger partial charge in [-0.05, 0) is 31.5 Å². The number of piperidine rings is 1. The second kappa shape index (κ2) is 4.78. The lowest BCUT2D eigenvalue weighted by atomic mass is 10.0. The summed E-state index contributed by atoms with van der Waals surface area (Å²) in [6.45, 7) is 0.925. The van der Waals surface area contributed by atoms with E-state index in [9.17, 15) is 4.79 Å². The summed E-state index contributed by atoms with van der Waals surface area (Å²) in [6, 6.07) is 5.68. The monoisotopic (exact) mass is 244 g/mol. The number of carbonyl (C=O) groups is 1. The van der Waals surface area contributed by atoms with Crippen LogP contribution in [0.2, 0.25) is 0 Å². The molecule has 3 N–H and O–H groups in total. The quantitative estimate of drug-likeness (QED) is 0.752. The van der Waals surface area contributed by atoms with Gasteiger partial charge in [-0.3, -0.25) is 9.89 Å². The SMILES string of the molecule is O=C(Nc1cccc2[nH]ncc12)[C@H]1CCCCN1. The smallest absolute Gasteiger partial charge is 0.241 e. The van der Waals surface area contributed by atoms with Crippen LogP contribution in [0.5, 0.6) is 0 Å². The average molecular weight is 244 g/mol. The first kappa shape index (κ1) is 11.2. The maximum atomic E-state index is 12.1. The van der Waals surface area contributed by atoms with E-state index in [0.29, 0.717) is 0 Å². The number of nitrogens with one attached hydrogen (secondary N) is 3. The molecular formula is C13H16N4O. The first-order chi connectivity index (χ1) is 8.84. The van der Waals surface area contributed by atoms with Crippen LogP contribution in [-0.4, -0.2) is 28.7 Å². The van der Waals surface area contributed by atoms with Gasteiger partial charge in [0.25, 0.3) is 0 Å². The Morgan fingerprint density at radius 2 is 2.33 bits per heavy atom. The summed E-state index contributed by atoms with van der Waals surface area (Å²) in [5.41, 5.74) is 1.75. The number of anilines is 1. The topological polar surface area (TPSA) is 69.8 Å². The first-order valence-electron chi connectivity index (χ1n) is 6.31. The fraction of sp³-hybridized carbons (Fsp3) is 0.385. The van der Waals surface area contributed by atoms with E-state index in [2.05, 4.69) is 20.8 Å². The number of fused-ring (bicyclic) bond motifs is 1. The summed E-state index contributed by atoms with van der Waals surface area (Å²) >= 11 is 0. The Bertz CT molecular complexity index is 557. The van der Waals surface area contributed by atoms with Crippen LogP contribution in [0.15, 0.2) is 24.4 Å². The summed E-state index contributed by atoms with van der Waals surface area (Å²) in [4.78, 5) is 12.1. The number of hydrogen-bond acceptors (Lipinski definition) is 3. The van der Waals surface area contributed by atoms with Crippen LogP contribution in [0.25, 0.3) is 10.9 Å². The van der Waals surface area contributed by atoms with Gasteiger partial charge < -0.3 is 10.6 Å². The van der Waals surface area contributed by atoms with Crippen LogP contribution in [0.1, 0.15) is 19.3 Å². The van der Waals surface area contributed by atoms with Crippen molar-refractivity contribution in [1.29, 1.82) is 0 Å². The Hall–Kier alpha value is -1.88. The molecular weight excluding hydrogens is 228 g/mol. The van der Waals surface area contributed by atoms with Gasteiger partial charge >= 0.3 is 0 Å². The van der Waals surface area contributed by atoms with Crippen LogP contribution in [0, 0.1) is 0 Å². The van der Waals surface area contributed by atoms with E-state index >= 15 is 0 Å². The molecule has 1 aliphatic rings. The molecule has 1 saturated heterocycles. The van der Waals surface area contributed by atoms with Crippen molar-refractivity contribution in [2.45, 2.75) is 25.3 Å². The first-order valence-corrected chi connectivity index (χ1v) is 6.31. The highest BCUT2D eigenvalue weighted by Crippen LogP contribution is 2.21. The third-order valence-electron chi connectivity index (χ3n) is 3.37. The van der Waals surface area contributed by atoms with Crippen LogP contribution in [0.4, 0.5) is 5.69 Å². The molecule has 1 aliphatic heterocycles. The van der Waals surface area contributed by atoms with Crippen LogP contribution in [0.3, 0.4) is 0 Å². The lowest BCUT2D eigenvalue weighted by Crippen LogP contribution is -2.43. The molecule has 0 bridgehead atoms. The van der Waals surface area contributed by atoms with Gasteiger partial charge in [0.1, 0.15) is 0 Å².